The normalized spacial score (nSPS) is 28.7. The van der Waals surface area contributed by atoms with Gasteiger partial charge in [-0.2, -0.15) is 0 Å². The Morgan fingerprint density at radius 2 is 2.07 bits per heavy atom. The number of primary amides is 1. The summed E-state index contributed by atoms with van der Waals surface area (Å²) in [5, 5.41) is 0. The number of nitrogens with zero attached hydrogens (tertiary/aromatic N) is 1. The molecule has 80 valence electrons. The van der Waals surface area contributed by atoms with E-state index in [2.05, 4.69) is 0 Å². The van der Waals surface area contributed by atoms with E-state index < -0.39 is 32.4 Å². The van der Waals surface area contributed by atoms with Gasteiger partial charge in [0, 0.05) is 0 Å². The minimum atomic E-state index is -3.49. The first-order valence-electron chi connectivity index (χ1n) is 3.99. The summed E-state index contributed by atoms with van der Waals surface area (Å²) in [6.07, 6.45) is 0.347. The first-order chi connectivity index (χ1) is 6.24. The van der Waals surface area contributed by atoms with Crippen molar-refractivity contribution in [2.75, 3.05) is 5.75 Å². The molecule has 2 N–H and O–H groups in total. The van der Waals surface area contributed by atoms with E-state index in [1.54, 1.807) is 0 Å². The molecule has 0 unspecified atom stereocenters. The zero-order valence-corrected chi connectivity index (χ0v) is 8.74. The minimum Gasteiger partial charge on any atom is -0.368 e. The first-order valence-corrected chi connectivity index (χ1v) is 5.64. The molecule has 0 aromatic heterocycles. The van der Waals surface area contributed by atoms with Gasteiger partial charge in [0.2, 0.25) is 12.3 Å². The molecule has 14 heavy (non-hydrogen) atoms. The topological polar surface area (TPSA) is 97.5 Å². The van der Waals surface area contributed by atoms with Gasteiger partial charge < -0.3 is 10.6 Å². The molecule has 1 saturated heterocycles. The summed E-state index contributed by atoms with van der Waals surface area (Å²) in [7, 11) is -3.49. The molecule has 0 spiro atoms. The SMILES string of the molecule is CC1(C)N(C=O)[C@@H](C(N)=O)CS1(=O)=O. The number of sulfone groups is 1. The van der Waals surface area contributed by atoms with Crippen molar-refractivity contribution in [2.45, 2.75) is 24.8 Å². The number of hydrogen-bond donors (Lipinski definition) is 1. The van der Waals surface area contributed by atoms with Gasteiger partial charge in [-0.3, -0.25) is 9.59 Å². The Labute approximate surface area is 82.0 Å². The first kappa shape index (κ1) is 11.0. The fourth-order valence-corrected chi connectivity index (χ4v) is 3.09. The molecule has 0 saturated carbocycles. The van der Waals surface area contributed by atoms with Gasteiger partial charge >= 0.3 is 0 Å². The van der Waals surface area contributed by atoms with Gasteiger partial charge in [0.25, 0.3) is 0 Å². The smallest absolute Gasteiger partial charge is 0.241 e. The van der Waals surface area contributed by atoms with Crippen LogP contribution in [0.3, 0.4) is 0 Å². The molecule has 2 amide bonds. The van der Waals surface area contributed by atoms with E-state index in [9.17, 15) is 18.0 Å². The summed E-state index contributed by atoms with van der Waals surface area (Å²) in [5.41, 5.74) is 5.00. The summed E-state index contributed by atoms with van der Waals surface area (Å²) in [5.74, 6) is -1.19. The molecule has 6 nitrogen and oxygen atoms in total. The van der Waals surface area contributed by atoms with Crippen molar-refractivity contribution in [3.05, 3.63) is 0 Å². The Morgan fingerprint density at radius 1 is 1.57 bits per heavy atom. The van der Waals surface area contributed by atoms with Gasteiger partial charge in [0.1, 0.15) is 10.9 Å². The van der Waals surface area contributed by atoms with E-state index >= 15 is 0 Å². The van der Waals surface area contributed by atoms with Crippen LogP contribution in [0.5, 0.6) is 0 Å². The third-order valence-electron chi connectivity index (χ3n) is 2.54. The van der Waals surface area contributed by atoms with E-state index in [1.165, 1.54) is 13.8 Å². The molecule has 0 radical (unpaired) electrons. The molecule has 1 atom stereocenters. The molecule has 0 bridgehead atoms. The van der Waals surface area contributed by atoms with Gasteiger partial charge in [0.05, 0.1) is 5.75 Å². The van der Waals surface area contributed by atoms with Crippen LogP contribution in [0.1, 0.15) is 13.8 Å². The molecular formula is C7H12N2O4S. The van der Waals surface area contributed by atoms with Gasteiger partial charge in [-0.15, -0.1) is 0 Å². The van der Waals surface area contributed by atoms with Gasteiger partial charge in [0.15, 0.2) is 9.84 Å². The highest BCUT2D eigenvalue weighted by Gasteiger charge is 2.53. The van der Waals surface area contributed by atoms with Crippen molar-refractivity contribution >= 4 is 22.2 Å². The van der Waals surface area contributed by atoms with E-state index in [0.717, 1.165) is 4.90 Å². The summed E-state index contributed by atoms with van der Waals surface area (Å²) in [4.78, 5) is 21.2. The number of hydrogen-bond acceptors (Lipinski definition) is 4. The monoisotopic (exact) mass is 220 g/mol. The van der Waals surface area contributed by atoms with Crippen molar-refractivity contribution in [1.29, 1.82) is 0 Å². The van der Waals surface area contributed by atoms with Crippen molar-refractivity contribution in [3.63, 3.8) is 0 Å². The highest BCUT2D eigenvalue weighted by Crippen LogP contribution is 2.31. The highest BCUT2D eigenvalue weighted by atomic mass is 32.2. The minimum absolute atomic E-state index is 0.347. The summed E-state index contributed by atoms with van der Waals surface area (Å²) in [6, 6.07) is -1.05. The molecule has 0 aliphatic carbocycles. The molecule has 1 heterocycles. The Bertz CT molecular complexity index is 373. The maximum atomic E-state index is 11.6. The Hall–Kier alpha value is -1.11. The number of rotatable bonds is 2. The molecule has 1 rings (SSSR count). The average Bonchev–Trinajstić information content (AvgIpc) is 2.19. The van der Waals surface area contributed by atoms with E-state index in [-0.39, 0.29) is 0 Å². The Balaban J connectivity index is 3.23. The summed E-state index contributed by atoms with van der Waals surface area (Å²) in [6.45, 7) is 2.75. The third-order valence-corrected chi connectivity index (χ3v) is 5.03. The van der Waals surface area contributed by atoms with E-state index in [4.69, 9.17) is 5.73 Å². The quantitative estimate of drug-likeness (QED) is 0.570. The molecule has 1 aliphatic rings. The average molecular weight is 220 g/mol. The van der Waals surface area contributed by atoms with Crippen LogP contribution in [0.4, 0.5) is 0 Å². The van der Waals surface area contributed by atoms with Crippen molar-refractivity contribution < 1.29 is 18.0 Å². The molecule has 0 aromatic carbocycles. The van der Waals surface area contributed by atoms with Crippen molar-refractivity contribution in [1.82, 2.24) is 4.90 Å². The standard InChI is InChI=1S/C7H12N2O4S/c1-7(2)9(4-10)5(6(8)11)3-14(7,12)13/h4-5H,3H2,1-2H3,(H2,8,11)/t5-/m1/s1. The maximum absolute atomic E-state index is 11.6. The molecule has 1 aliphatic heterocycles. The third kappa shape index (κ3) is 1.28. The zero-order valence-electron chi connectivity index (χ0n) is 7.93. The lowest BCUT2D eigenvalue weighted by Gasteiger charge is -2.28. The van der Waals surface area contributed by atoms with Crippen LogP contribution in [0.2, 0.25) is 0 Å². The van der Waals surface area contributed by atoms with Crippen LogP contribution in [0.15, 0.2) is 0 Å². The van der Waals surface area contributed by atoms with Crippen LogP contribution in [-0.4, -0.2) is 42.3 Å². The number of carbonyl (C=O) groups excluding carboxylic acids is 2. The predicted octanol–water partition coefficient (Wildman–Crippen LogP) is -1.54. The highest BCUT2D eigenvalue weighted by molar-refractivity contribution is 7.93. The van der Waals surface area contributed by atoms with Gasteiger partial charge in [-0.25, -0.2) is 8.42 Å². The van der Waals surface area contributed by atoms with Crippen LogP contribution in [-0.2, 0) is 19.4 Å². The second-order valence-corrected chi connectivity index (χ2v) is 6.22. The maximum Gasteiger partial charge on any atom is 0.241 e. The molecule has 7 heteroatoms. The number of nitrogens with two attached hydrogens (primary N) is 1. The lowest BCUT2D eigenvalue weighted by Crippen LogP contribution is -2.49. The number of carbonyl (C=O) groups is 2. The molecule has 1 fully saturated rings. The van der Waals surface area contributed by atoms with Crippen molar-refractivity contribution in [2.24, 2.45) is 5.73 Å². The second kappa shape index (κ2) is 2.94. The summed E-state index contributed by atoms with van der Waals surface area (Å²) < 4.78 is 23.1. The van der Waals surface area contributed by atoms with Crippen LogP contribution in [0.25, 0.3) is 0 Å². The van der Waals surface area contributed by atoms with E-state index in [0.29, 0.717) is 6.41 Å². The Morgan fingerprint density at radius 3 is 2.36 bits per heavy atom. The van der Waals surface area contributed by atoms with E-state index in [1.807, 2.05) is 0 Å². The van der Waals surface area contributed by atoms with Gasteiger partial charge in [-0.05, 0) is 13.8 Å². The lowest BCUT2D eigenvalue weighted by molar-refractivity contribution is -0.131. The second-order valence-electron chi connectivity index (χ2n) is 3.66. The van der Waals surface area contributed by atoms with Crippen LogP contribution in [0, 0.1) is 0 Å². The van der Waals surface area contributed by atoms with Crippen LogP contribution >= 0.6 is 0 Å². The number of amides is 2. The fourth-order valence-electron chi connectivity index (χ4n) is 1.45. The fraction of sp³-hybridized carbons (Fsp3) is 0.714. The van der Waals surface area contributed by atoms with Crippen molar-refractivity contribution in [3.8, 4) is 0 Å². The summed E-state index contributed by atoms with van der Waals surface area (Å²) >= 11 is 0. The largest absolute Gasteiger partial charge is 0.368 e. The van der Waals surface area contributed by atoms with Crippen LogP contribution < -0.4 is 5.73 Å². The lowest BCUT2D eigenvalue weighted by atomic mass is 10.2. The Kier molecular flexibility index (Phi) is 2.31. The predicted molar refractivity (Wildman–Crippen MR) is 48.8 cm³/mol. The molecular weight excluding hydrogens is 208 g/mol. The molecule has 0 aromatic rings. The zero-order chi connectivity index (χ0) is 11.1. The van der Waals surface area contributed by atoms with Gasteiger partial charge in [-0.1, -0.05) is 0 Å².